The number of nitrogens with zero attached hydrogens (tertiary/aromatic N) is 1. The minimum Gasteiger partial charge on any atom is -0.497 e. The van der Waals surface area contributed by atoms with Gasteiger partial charge in [0.25, 0.3) is 0 Å². The van der Waals surface area contributed by atoms with Gasteiger partial charge in [-0.3, -0.25) is 0 Å². The molecule has 0 aliphatic carbocycles. The van der Waals surface area contributed by atoms with Gasteiger partial charge in [0.05, 0.1) is 33.1 Å². The van der Waals surface area contributed by atoms with Gasteiger partial charge in [0.15, 0.2) is 5.96 Å². The van der Waals surface area contributed by atoms with Gasteiger partial charge < -0.3 is 25.3 Å². The van der Waals surface area contributed by atoms with Gasteiger partial charge in [-0.25, -0.2) is 4.99 Å². The second-order valence-corrected chi connectivity index (χ2v) is 5.98. The van der Waals surface area contributed by atoms with Crippen molar-refractivity contribution in [1.82, 2.24) is 0 Å². The van der Waals surface area contributed by atoms with Crippen LogP contribution in [-0.2, 0) is 13.0 Å². The van der Waals surface area contributed by atoms with E-state index in [1.165, 1.54) is 0 Å². The predicted octanol–water partition coefficient (Wildman–Crippen LogP) is 3.22. The summed E-state index contributed by atoms with van der Waals surface area (Å²) in [5.41, 5.74) is 8.73. The quantitative estimate of drug-likeness (QED) is 0.631. The highest BCUT2D eigenvalue weighted by atomic mass is 35.5. The van der Waals surface area contributed by atoms with Crippen molar-refractivity contribution < 1.29 is 14.2 Å². The van der Waals surface area contributed by atoms with Crippen molar-refractivity contribution in [1.29, 1.82) is 0 Å². The molecule has 1 aliphatic rings. The highest BCUT2D eigenvalue weighted by Gasteiger charge is 2.17. The molecular formula is C18H20ClN3O3. The Morgan fingerprint density at radius 2 is 2.12 bits per heavy atom. The second kappa shape index (κ2) is 7.53. The molecule has 0 aromatic heterocycles. The topological polar surface area (TPSA) is 78.1 Å². The Balaban J connectivity index is 1.77. The first-order valence-corrected chi connectivity index (χ1v) is 8.21. The lowest BCUT2D eigenvalue weighted by molar-refractivity contribution is 0.353. The normalized spacial score (nSPS) is 13.2. The van der Waals surface area contributed by atoms with Crippen molar-refractivity contribution in [3.63, 3.8) is 0 Å². The number of nitrogens with two attached hydrogens (primary N) is 1. The van der Waals surface area contributed by atoms with Crippen LogP contribution in [0.1, 0.15) is 11.1 Å². The lowest BCUT2D eigenvalue weighted by Gasteiger charge is -2.12. The van der Waals surface area contributed by atoms with E-state index in [0.29, 0.717) is 35.4 Å². The lowest BCUT2D eigenvalue weighted by Crippen LogP contribution is -2.23. The third-order valence-electron chi connectivity index (χ3n) is 3.91. The number of guanidine groups is 1. The molecule has 7 heteroatoms. The second-order valence-electron chi connectivity index (χ2n) is 5.54. The maximum atomic E-state index is 6.17. The van der Waals surface area contributed by atoms with E-state index in [1.54, 1.807) is 26.4 Å². The molecule has 0 radical (unpaired) electrons. The molecule has 3 N–H and O–H groups in total. The molecule has 0 saturated carbocycles. The van der Waals surface area contributed by atoms with Gasteiger partial charge in [-0.15, -0.1) is 0 Å². The number of halogens is 1. The lowest BCUT2D eigenvalue weighted by atomic mass is 10.1. The maximum absolute atomic E-state index is 6.17. The molecule has 0 atom stereocenters. The SMILES string of the molecule is COc1ccc(OC)c(NC(N)=NCc2cc(Cl)cc3c2OCC3)c1. The molecule has 0 amide bonds. The summed E-state index contributed by atoms with van der Waals surface area (Å²) in [7, 11) is 3.19. The summed E-state index contributed by atoms with van der Waals surface area (Å²) in [4.78, 5) is 4.39. The van der Waals surface area contributed by atoms with E-state index >= 15 is 0 Å². The summed E-state index contributed by atoms with van der Waals surface area (Å²) in [5, 5.41) is 3.71. The zero-order valence-electron chi connectivity index (χ0n) is 14.1. The number of aliphatic imine (C=N–C) groups is 1. The number of hydrogen-bond donors (Lipinski definition) is 2. The molecule has 0 fully saturated rings. The Kier molecular flexibility index (Phi) is 5.19. The zero-order chi connectivity index (χ0) is 17.8. The summed E-state index contributed by atoms with van der Waals surface area (Å²) in [5.74, 6) is 2.46. The molecule has 0 spiro atoms. The van der Waals surface area contributed by atoms with E-state index in [4.69, 9.17) is 31.5 Å². The molecule has 3 rings (SSSR count). The van der Waals surface area contributed by atoms with E-state index in [9.17, 15) is 0 Å². The summed E-state index contributed by atoms with van der Waals surface area (Å²) in [6, 6.07) is 9.19. The molecule has 0 saturated heterocycles. The van der Waals surface area contributed by atoms with Gasteiger partial charge in [-0.2, -0.15) is 0 Å². The first-order chi connectivity index (χ1) is 12.1. The van der Waals surface area contributed by atoms with E-state index in [-0.39, 0.29) is 5.96 Å². The van der Waals surface area contributed by atoms with Crippen LogP contribution in [0.5, 0.6) is 17.2 Å². The molecule has 1 heterocycles. The fourth-order valence-corrected chi connectivity index (χ4v) is 2.99. The summed E-state index contributed by atoms with van der Waals surface area (Å²) in [6.07, 6.45) is 0.862. The van der Waals surface area contributed by atoms with E-state index in [2.05, 4.69) is 10.3 Å². The van der Waals surface area contributed by atoms with Crippen molar-refractivity contribution >= 4 is 23.2 Å². The minimum atomic E-state index is 0.262. The summed E-state index contributed by atoms with van der Waals surface area (Å²) < 4.78 is 16.2. The average molecular weight is 362 g/mol. The third-order valence-corrected chi connectivity index (χ3v) is 4.13. The fourth-order valence-electron chi connectivity index (χ4n) is 2.72. The number of nitrogens with one attached hydrogen (secondary N) is 1. The number of ether oxygens (including phenoxy) is 3. The minimum absolute atomic E-state index is 0.262. The van der Waals surface area contributed by atoms with Crippen LogP contribution in [0, 0.1) is 0 Å². The molecule has 6 nitrogen and oxygen atoms in total. The Morgan fingerprint density at radius 3 is 2.88 bits per heavy atom. The molecule has 2 aromatic carbocycles. The van der Waals surface area contributed by atoms with Crippen molar-refractivity contribution in [2.75, 3.05) is 26.1 Å². The van der Waals surface area contributed by atoms with Crippen LogP contribution in [0.3, 0.4) is 0 Å². The molecule has 1 aliphatic heterocycles. The number of rotatable bonds is 5. The Morgan fingerprint density at radius 1 is 1.28 bits per heavy atom. The van der Waals surface area contributed by atoms with Crippen LogP contribution < -0.4 is 25.3 Å². The largest absolute Gasteiger partial charge is 0.497 e. The Labute approximate surface area is 151 Å². The van der Waals surface area contributed by atoms with Crippen LogP contribution >= 0.6 is 11.6 Å². The van der Waals surface area contributed by atoms with Gasteiger partial charge in [0.1, 0.15) is 17.2 Å². The van der Waals surface area contributed by atoms with Crippen molar-refractivity contribution in [2.24, 2.45) is 10.7 Å². The maximum Gasteiger partial charge on any atom is 0.193 e. The molecule has 2 aromatic rings. The highest BCUT2D eigenvalue weighted by molar-refractivity contribution is 6.30. The number of fused-ring (bicyclic) bond motifs is 1. The van der Waals surface area contributed by atoms with Gasteiger partial charge in [0, 0.05) is 23.1 Å². The molecule has 0 unspecified atom stereocenters. The smallest absolute Gasteiger partial charge is 0.193 e. The zero-order valence-corrected chi connectivity index (χ0v) is 14.9. The number of hydrogen-bond acceptors (Lipinski definition) is 4. The molecule has 0 bridgehead atoms. The van der Waals surface area contributed by atoms with Crippen molar-refractivity contribution in [3.8, 4) is 17.2 Å². The average Bonchev–Trinajstić information content (AvgIpc) is 3.07. The van der Waals surface area contributed by atoms with Gasteiger partial charge in [0.2, 0.25) is 0 Å². The van der Waals surface area contributed by atoms with Gasteiger partial charge >= 0.3 is 0 Å². The van der Waals surface area contributed by atoms with E-state index in [0.717, 1.165) is 23.3 Å². The van der Waals surface area contributed by atoms with Crippen LogP contribution in [0.4, 0.5) is 5.69 Å². The fraction of sp³-hybridized carbons (Fsp3) is 0.278. The van der Waals surface area contributed by atoms with Crippen LogP contribution in [0.25, 0.3) is 0 Å². The van der Waals surface area contributed by atoms with Crippen LogP contribution in [0.2, 0.25) is 5.02 Å². The Bertz CT molecular complexity index is 808. The number of benzene rings is 2. The third kappa shape index (κ3) is 3.91. The first kappa shape index (κ1) is 17.2. The molecule has 25 heavy (non-hydrogen) atoms. The highest BCUT2D eigenvalue weighted by Crippen LogP contribution is 2.33. The predicted molar refractivity (Wildman–Crippen MR) is 99.1 cm³/mol. The summed E-state index contributed by atoms with van der Waals surface area (Å²) in [6.45, 7) is 1.04. The van der Waals surface area contributed by atoms with E-state index in [1.807, 2.05) is 18.2 Å². The van der Waals surface area contributed by atoms with Gasteiger partial charge in [-0.05, 0) is 29.8 Å². The molecular weight excluding hydrogens is 342 g/mol. The monoisotopic (exact) mass is 361 g/mol. The van der Waals surface area contributed by atoms with Gasteiger partial charge in [-0.1, -0.05) is 11.6 Å². The van der Waals surface area contributed by atoms with Crippen LogP contribution in [0.15, 0.2) is 35.3 Å². The Hall–Kier alpha value is -2.60. The molecule has 132 valence electrons. The first-order valence-electron chi connectivity index (χ1n) is 7.83. The summed E-state index contributed by atoms with van der Waals surface area (Å²) >= 11 is 6.17. The number of methoxy groups -OCH3 is 2. The van der Waals surface area contributed by atoms with Crippen molar-refractivity contribution in [2.45, 2.75) is 13.0 Å². The van der Waals surface area contributed by atoms with Crippen molar-refractivity contribution in [3.05, 3.63) is 46.5 Å². The van der Waals surface area contributed by atoms with E-state index < -0.39 is 0 Å². The standard InChI is InChI=1S/C18H20ClN3O3/c1-23-14-3-4-16(24-2)15(9-14)22-18(20)21-10-12-8-13(19)7-11-5-6-25-17(11)12/h3-4,7-9H,5-6,10H2,1-2H3,(H3,20,21,22). The number of anilines is 1. The van der Waals surface area contributed by atoms with Crippen LogP contribution in [-0.4, -0.2) is 26.8 Å².